The normalized spacial score (nSPS) is 38.7. The van der Waals surface area contributed by atoms with Gasteiger partial charge in [-0.2, -0.15) is 0 Å². The largest absolute Gasteiger partial charge is 0.0596 e. The highest BCUT2D eigenvalue weighted by molar-refractivity contribution is 4.97. The lowest BCUT2D eigenvalue weighted by Crippen LogP contribution is -1.90. The first-order valence-electron chi connectivity index (χ1n) is 4.18. The lowest BCUT2D eigenvalue weighted by molar-refractivity contribution is 0.509. The van der Waals surface area contributed by atoms with Gasteiger partial charge in [0.05, 0.1) is 0 Å². The maximum Gasteiger partial charge on any atom is -0.0323 e. The fourth-order valence-electron chi connectivity index (χ4n) is 1.73. The second kappa shape index (κ2) is 1.53. The van der Waals surface area contributed by atoms with Gasteiger partial charge in [-0.05, 0) is 30.1 Å². The Kier molecular flexibility index (Phi) is 0.980. The van der Waals surface area contributed by atoms with Crippen LogP contribution in [-0.2, 0) is 0 Å². The third kappa shape index (κ3) is 1.12. The summed E-state index contributed by atoms with van der Waals surface area (Å²) in [6.45, 7) is 4.81. The van der Waals surface area contributed by atoms with E-state index >= 15 is 0 Å². The van der Waals surface area contributed by atoms with Gasteiger partial charge in [0.2, 0.25) is 0 Å². The monoisotopic (exact) mass is 124 g/mol. The molecule has 2 fully saturated rings. The zero-order chi connectivity index (χ0) is 6.48. The molecule has 0 saturated heterocycles. The Balaban J connectivity index is 1.77. The minimum absolute atomic E-state index is 0.739. The highest BCUT2D eigenvalue weighted by Crippen LogP contribution is 2.57. The van der Waals surface area contributed by atoms with Crippen LogP contribution in [0.1, 0.15) is 39.5 Å². The molecule has 0 spiro atoms. The summed E-state index contributed by atoms with van der Waals surface area (Å²) < 4.78 is 0. The Morgan fingerprint density at radius 3 is 2.22 bits per heavy atom. The first-order chi connectivity index (χ1) is 4.18. The third-order valence-electron chi connectivity index (χ3n) is 3.03. The number of hydrogen-bond acceptors (Lipinski definition) is 0. The van der Waals surface area contributed by atoms with Gasteiger partial charge in [0.1, 0.15) is 0 Å². The Hall–Kier alpha value is 0. The third-order valence-corrected chi connectivity index (χ3v) is 3.03. The molecule has 0 aliphatic heterocycles. The van der Waals surface area contributed by atoms with Gasteiger partial charge >= 0.3 is 0 Å². The van der Waals surface area contributed by atoms with E-state index in [9.17, 15) is 0 Å². The van der Waals surface area contributed by atoms with Crippen molar-refractivity contribution in [2.24, 2.45) is 17.3 Å². The molecule has 52 valence electrons. The summed E-state index contributed by atoms with van der Waals surface area (Å²) >= 11 is 0. The van der Waals surface area contributed by atoms with Crippen LogP contribution in [0.4, 0.5) is 0 Å². The summed E-state index contributed by atoms with van der Waals surface area (Å²) in [5.74, 6) is 2.25. The van der Waals surface area contributed by atoms with Gasteiger partial charge in [0.15, 0.2) is 0 Å². The van der Waals surface area contributed by atoms with Gasteiger partial charge in [-0.15, -0.1) is 0 Å². The molecule has 0 heteroatoms. The predicted octanol–water partition coefficient (Wildman–Crippen LogP) is 2.83. The average Bonchev–Trinajstić information content (AvgIpc) is 2.54. The molecule has 2 aliphatic carbocycles. The fraction of sp³-hybridized carbons (Fsp3) is 1.00. The van der Waals surface area contributed by atoms with Gasteiger partial charge in [0.25, 0.3) is 0 Å². The van der Waals surface area contributed by atoms with Gasteiger partial charge in [-0.25, -0.2) is 0 Å². The van der Waals surface area contributed by atoms with Crippen molar-refractivity contribution in [2.45, 2.75) is 39.5 Å². The van der Waals surface area contributed by atoms with Crippen molar-refractivity contribution in [3.05, 3.63) is 0 Å². The van der Waals surface area contributed by atoms with Crippen LogP contribution in [0.3, 0.4) is 0 Å². The van der Waals surface area contributed by atoms with Gasteiger partial charge in [-0.1, -0.05) is 26.7 Å². The van der Waals surface area contributed by atoms with Crippen LogP contribution in [0.25, 0.3) is 0 Å². The lowest BCUT2D eigenvalue weighted by atomic mass is 10.1. The van der Waals surface area contributed by atoms with Crippen molar-refractivity contribution < 1.29 is 0 Å². The summed E-state index contributed by atoms with van der Waals surface area (Å²) in [7, 11) is 0. The minimum atomic E-state index is 0.739. The van der Waals surface area contributed by atoms with E-state index in [0.717, 1.165) is 17.3 Å². The fourth-order valence-corrected chi connectivity index (χ4v) is 1.73. The summed E-state index contributed by atoms with van der Waals surface area (Å²) in [6, 6.07) is 0. The van der Waals surface area contributed by atoms with E-state index in [0.29, 0.717) is 0 Å². The molecule has 2 aliphatic rings. The first-order valence-corrected chi connectivity index (χ1v) is 4.18. The SMILES string of the molecule is CC1(C)CC1CC1CC1. The first kappa shape index (κ1) is 5.76. The van der Waals surface area contributed by atoms with E-state index in [1.807, 2.05) is 0 Å². The molecule has 1 atom stereocenters. The molecule has 1 unspecified atom stereocenters. The van der Waals surface area contributed by atoms with Crippen molar-refractivity contribution in [3.8, 4) is 0 Å². The van der Waals surface area contributed by atoms with Crippen LogP contribution in [-0.4, -0.2) is 0 Å². The summed E-state index contributed by atoms with van der Waals surface area (Å²) in [4.78, 5) is 0. The summed E-state index contributed by atoms with van der Waals surface area (Å²) in [6.07, 6.45) is 6.12. The molecule has 9 heavy (non-hydrogen) atoms. The highest BCUT2D eigenvalue weighted by atomic mass is 14.5. The highest BCUT2D eigenvalue weighted by Gasteiger charge is 2.47. The van der Waals surface area contributed by atoms with Crippen LogP contribution in [0, 0.1) is 17.3 Å². The number of hydrogen-bond donors (Lipinski definition) is 0. The zero-order valence-electron chi connectivity index (χ0n) is 6.48. The Labute approximate surface area is 57.6 Å². The van der Waals surface area contributed by atoms with Gasteiger partial charge < -0.3 is 0 Å². The summed E-state index contributed by atoms with van der Waals surface area (Å²) in [5.41, 5.74) is 0.739. The molecule has 0 radical (unpaired) electrons. The van der Waals surface area contributed by atoms with Crippen LogP contribution in [0.2, 0.25) is 0 Å². The van der Waals surface area contributed by atoms with E-state index in [4.69, 9.17) is 0 Å². The van der Waals surface area contributed by atoms with E-state index in [1.54, 1.807) is 6.42 Å². The van der Waals surface area contributed by atoms with E-state index in [1.165, 1.54) is 19.3 Å². The van der Waals surface area contributed by atoms with Gasteiger partial charge in [0, 0.05) is 0 Å². The topological polar surface area (TPSA) is 0 Å². The Bertz CT molecular complexity index is 120. The molecule has 0 aromatic heterocycles. The van der Waals surface area contributed by atoms with Crippen molar-refractivity contribution in [1.29, 1.82) is 0 Å². The van der Waals surface area contributed by atoms with Gasteiger partial charge in [-0.3, -0.25) is 0 Å². The Morgan fingerprint density at radius 1 is 1.33 bits per heavy atom. The molecule has 0 heterocycles. The smallest absolute Gasteiger partial charge is 0.0323 e. The summed E-state index contributed by atoms with van der Waals surface area (Å²) in [5, 5.41) is 0. The average molecular weight is 124 g/mol. The van der Waals surface area contributed by atoms with E-state index in [-0.39, 0.29) is 0 Å². The Morgan fingerprint density at radius 2 is 1.89 bits per heavy atom. The van der Waals surface area contributed by atoms with Crippen LogP contribution < -0.4 is 0 Å². The lowest BCUT2D eigenvalue weighted by Gasteiger charge is -1.99. The maximum atomic E-state index is 2.40. The second-order valence-corrected chi connectivity index (χ2v) is 4.57. The van der Waals surface area contributed by atoms with Crippen molar-refractivity contribution in [1.82, 2.24) is 0 Å². The quantitative estimate of drug-likeness (QED) is 0.531. The molecule has 0 aromatic rings. The zero-order valence-corrected chi connectivity index (χ0v) is 6.48. The standard InChI is InChI=1S/C9H16/c1-9(2)6-8(9)5-7-3-4-7/h7-8H,3-6H2,1-2H3. The molecule has 0 N–H and O–H groups in total. The van der Waals surface area contributed by atoms with E-state index < -0.39 is 0 Å². The van der Waals surface area contributed by atoms with Crippen molar-refractivity contribution >= 4 is 0 Å². The molecular weight excluding hydrogens is 108 g/mol. The molecule has 0 nitrogen and oxygen atoms in total. The predicted molar refractivity (Wildman–Crippen MR) is 39.2 cm³/mol. The molecule has 0 amide bonds. The van der Waals surface area contributed by atoms with Crippen LogP contribution in [0.15, 0.2) is 0 Å². The molecule has 0 aromatic carbocycles. The van der Waals surface area contributed by atoms with Crippen molar-refractivity contribution in [2.75, 3.05) is 0 Å². The minimum Gasteiger partial charge on any atom is -0.0596 e. The molecule has 0 bridgehead atoms. The van der Waals surface area contributed by atoms with Crippen LogP contribution >= 0.6 is 0 Å². The second-order valence-electron chi connectivity index (χ2n) is 4.57. The molecule has 2 saturated carbocycles. The number of rotatable bonds is 2. The maximum absolute atomic E-state index is 2.40. The molecule has 2 rings (SSSR count). The van der Waals surface area contributed by atoms with Crippen molar-refractivity contribution in [3.63, 3.8) is 0 Å². The van der Waals surface area contributed by atoms with Crippen LogP contribution in [0.5, 0.6) is 0 Å². The molecular formula is C9H16. The van der Waals surface area contributed by atoms with E-state index in [2.05, 4.69) is 13.8 Å².